The topological polar surface area (TPSA) is 73.9 Å². The van der Waals surface area contributed by atoms with Gasteiger partial charge in [0.05, 0.1) is 18.2 Å². The van der Waals surface area contributed by atoms with Gasteiger partial charge in [-0.05, 0) is 44.0 Å². The molecule has 0 saturated carbocycles. The molecule has 0 aliphatic heterocycles. The summed E-state index contributed by atoms with van der Waals surface area (Å²) in [5.41, 5.74) is 0.644. The van der Waals surface area contributed by atoms with Crippen molar-refractivity contribution in [3.05, 3.63) is 28.8 Å². The second kappa shape index (κ2) is 10.6. The Morgan fingerprint density at radius 2 is 2.04 bits per heavy atom. The summed E-state index contributed by atoms with van der Waals surface area (Å²) in [5.74, 6) is -0.0348. The van der Waals surface area contributed by atoms with Gasteiger partial charge in [-0.1, -0.05) is 18.5 Å². The van der Waals surface area contributed by atoms with Crippen molar-refractivity contribution in [3.63, 3.8) is 0 Å². The number of amides is 1. The highest BCUT2D eigenvalue weighted by atomic mass is 35.5. The zero-order valence-electron chi connectivity index (χ0n) is 14.9. The summed E-state index contributed by atoms with van der Waals surface area (Å²) in [6.07, 6.45) is 3.52. The van der Waals surface area contributed by atoms with Crippen molar-refractivity contribution in [3.8, 4) is 11.5 Å². The number of hydrogen-bond donors (Lipinski definition) is 1. The maximum atomic E-state index is 11.7. The van der Waals surface area contributed by atoms with Crippen LogP contribution in [0.5, 0.6) is 11.5 Å². The molecule has 1 amide bonds. The smallest absolute Gasteiger partial charge is 0.331 e. The molecule has 0 fully saturated rings. The van der Waals surface area contributed by atoms with Gasteiger partial charge in [-0.15, -0.1) is 0 Å². The van der Waals surface area contributed by atoms with Crippen molar-refractivity contribution in [2.45, 2.75) is 33.3 Å². The van der Waals surface area contributed by atoms with Crippen molar-refractivity contribution >= 4 is 29.6 Å². The molecule has 0 aliphatic carbocycles. The van der Waals surface area contributed by atoms with E-state index in [1.807, 2.05) is 20.8 Å². The summed E-state index contributed by atoms with van der Waals surface area (Å²) < 4.78 is 15.8. The van der Waals surface area contributed by atoms with Crippen molar-refractivity contribution in [2.75, 3.05) is 20.3 Å². The van der Waals surface area contributed by atoms with Gasteiger partial charge in [0.2, 0.25) is 0 Å². The van der Waals surface area contributed by atoms with E-state index in [0.717, 1.165) is 6.42 Å². The van der Waals surface area contributed by atoms with Crippen LogP contribution >= 0.6 is 11.6 Å². The molecule has 138 valence electrons. The Labute approximate surface area is 153 Å². The fourth-order valence-corrected chi connectivity index (χ4v) is 2.11. The Morgan fingerprint density at radius 3 is 2.64 bits per heavy atom. The number of esters is 1. The molecule has 6 nitrogen and oxygen atoms in total. The van der Waals surface area contributed by atoms with E-state index in [2.05, 4.69) is 5.32 Å². The summed E-state index contributed by atoms with van der Waals surface area (Å²) >= 11 is 6.22. The first-order valence-corrected chi connectivity index (χ1v) is 8.40. The number of rotatable bonds is 9. The van der Waals surface area contributed by atoms with Gasteiger partial charge in [0.15, 0.2) is 18.1 Å². The Morgan fingerprint density at radius 1 is 1.32 bits per heavy atom. The number of halogens is 1. The molecule has 1 rings (SSSR count). The zero-order valence-corrected chi connectivity index (χ0v) is 15.7. The van der Waals surface area contributed by atoms with Crippen LogP contribution in [-0.4, -0.2) is 38.2 Å². The van der Waals surface area contributed by atoms with Gasteiger partial charge in [0.1, 0.15) is 0 Å². The zero-order chi connectivity index (χ0) is 18.8. The van der Waals surface area contributed by atoms with Crippen molar-refractivity contribution < 1.29 is 23.8 Å². The van der Waals surface area contributed by atoms with Gasteiger partial charge in [0, 0.05) is 12.6 Å². The third-order valence-electron chi connectivity index (χ3n) is 2.93. The Kier molecular flexibility index (Phi) is 8.84. The molecule has 0 unspecified atom stereocenters. The third kappa shape index (κ3) is 7.47. The van der Waals surface area contributed by atoms with Crippen LogP contribution in [0.2, 0.25) is 5.02 Å². The highest BCUT2D eigenvalue weighted by Crippen LogP contribution is 2.37. The molecule has 0 bridgehead atoms. The quantitative estimate of drug-likeness (QED) is 0.534. The molecule has 7 heteroatoms. The number of methoxy groups -OCH3 is 1. The Balaban J connectivity index is 2.72. The third-order valence-corrected chi connectivity index (χ3v) is 3.22. The lowest BCUT2D eigenvalue weighted by molar-refractivity contribution is -0.143. The Bertz CT molecular complexity index is 628. The second-order valence-corrected chi connectivity index (χ2v) is 5.90. The van der Waals surface area contributed by atoms with Crippen LogP contribution < -0.4 is 14.8 Å². The lowest BCUT2D eigenvalue weighted by Crippen LogP contribution is -2.28. The average Bonchev–Trinajstić information content (AvgIpc) is 2.57. The number of carbonyl (C=O) groups excluding carboxylic acids is 2. The molecule has 25 heavy (non-hydrogen) atoms. The molecule has 0 radical (unpaired) electrons. The van der Waals surface area contributed by atoms with Crippen LogP contribution in [0.3, 0.4) is 0 Å². The van der Waals surface area contributed by atoms with E-state index in [0.29, 0.717) is 28.6 Å². The minimum atomic E-state index is -0.621. The maximum absolute atomic E-state index is 11.7. The average molecular weight is 370 g/mol. The maximum Gasteiger partial charge on any atom is 0.331 e. The summed E-state index contributed by atoms with van der Waals surface area (Å²) in [6.45, 7) is 5.95. The number of carbonyl (C=O) groups is 2. The summed E-state index contributed by atoms with van der Waals surface area (Å²) in [4.78, 5) is 23.0. The molecule has 0 saturated heterocycles. The van der Waals surface area contributed by atoms with Crippen LogP contribution in [0.15, 0.2) is 18.2 Å². The number of benzene rings is 1. The lowest BCUT2D eigenvalue weighted by Gasteiger charge is -2.15. The van der Waals surface area contributed by atoms with E-state index in [4.69, 9.17) is 25.8 Å². The molecule has 0 aromatic heterocycles. The monoisotopic (exact) mass is 369 g/mol. The predicted octanol–water partition coefficient (Wildman–Crippen LogP) is 3.22. The molecule has 1 aromatic carbocycles. The second-order valence-electron chi connectivity index (χ2n) is 5.49. The number of hydrogen-bond acceptors (Lipinski definition) is 5. The number of ether oxygens (including phenoxy) is 3. The van der Waals surface area contributed by atoms with Crippen LogP contribution in [-0.2, 0) is 14.3 Å². The van der Waals surface area contributed by atoms with Crippen molar-refractivity contribution in [2.24, 2.45) is 0 Å². The van der Waals surface area contributed by atoms with Crippen LogP contribution in [0.25, 0.3) is 6.08 Å². The standard InChI is InChI=1S/C18H24ClNO5/c1-5-8-20-16(21)11-24-17(22)7-6-13-9-14(19)18(25-12(2)3)15(10-13)23-4/h6-7,9-10,12H,5,8,11H2,1-4H3,(H,20,21)/b7-6+. The largest absolute Gasteiger partial charge is 0.493 e. The van der Waals surface area contributed by atoms with Crippen LogP contribution in [0.4, 0.5) is 0 Å². The molecular weight excluding hydrogens is 346 g/mol. The van der Waals surface area contributed by atoms with Crippen molar-refractivity contribution in [1.82, 2.24) is 5.32 Å². The molecule has 1 N–H and O–H groups in total. The molecule has 0 heterocycles. The van der Waals surface area contributed by atoms with Gasteiger partial charge >= 0.3 is 5.97 Å². The van der Waals surface area contributed by atoms with E-state index in [1.54, 1.807) is 12.1 Å². The summed E-state index contributed by atoms with van der Waals surface area (Å²) in [6, 6.07) is 3.35. The van der Waals surface area contributed by atoms with Crippen LogP contribution in [0.1, 0.15) is 32.8 Å². The normalized spacial score (nSPS) is 10.8. The SMILES string of the molecule is CCCNC(=O)COC(=O)/C=C/c1cc(Cl)c(OC(C)C)c(OC)c1. The van der Waals surface area contributed by atoms with E-state index in [-0.39, 0.29) is 18.6 Å². The van der Waals surface area contributed by atoms with E-state index in [1.165, 1.54) is 19.3 Å². The fraction of sp³-hybridized carbons (Fsp3) is 0.444. The fourth-order valence-electron chi connectivity index (χ4n) is 1.85. The van der Waals surface area contributed by atoms with Gasteiger partial charge in [-0.2, -0.15) is 0 Å². The van der Waals surface area contributed by atoms with Crippen LogP contribution in [0, 0.1) is 0 Å². The Hall–Kier alpha value is -2.21. The summed E-state index contributed by atoms with van der Waals surface area (Å²) in [7, 11) is 1.51. The summed E-state index contributed by atoms with van der Waals surface area (Å²) in [5, 5.41) is 2.99. The first kappa shape index (κ1) is 20.8. The van der Waals surface area contributed by atoms with Gasteiger partial charge in [0.25, 0.3) is 5.91 Å². The van der Waals surface area contributed by atoms with Gasteiger partial charge in [-0.3, -0.25) is 4.79 Å². The lowest BCUT2D eigenvalue weighted by atomic mass is 10.2. The molecule has 0 aliphatic rings. The van der Waals surface area contributed by atoms with Gasteiger partial charge < -0.3 is 19.5 Å². The minimum Gasteiger partial charge on any atom is -0.493 e. The molecular formula is C18H24ClNO5. The van der Waals surface area contributed by atoms with E-state index >= 15 is 0 Å². The minimum absolute atomic E-state index is 0.0541. The molecule has 0 atom stereocenters. The highest BCUT2D eigenvalue weighted by molar-refractivity contribution is 6.32. The van der Waals surface area contributed by atoms with Gasteiger partial charge in [-0.25, -0.2) is 4.79 Å². The molecule has 0 spiro atoms. The van der Waals surface area contributed by atoms with Crippen molar-refractivity contribution in [1.29, 1.82) is 0 Å². The van der Waals surface area contributed by atoms with E-state index in [9.17, 15) is 9.59 Å². The molecule has 1 aromatic rings. The first-order valence-electron chi connectivity index (χ1n) is 8.03. The predicted molar refractivity (Wildman–Crippen MR) is 97.1 cm³/mol. The number of nitrogens with one attached hydrogen (secondary N) is 1. The highest BCUT2D eigenvalue weighted by Gasteiger charge is 2.13. The van der Waals surface area contributed by atoms with E-state index < -0.39 is 5.97 Å². The first-order chi connectivity index (χ1) is 11.9.